The first kappa shape index (κ1) is 30.5. The SMILES string of the molecule is N=C1N=C2C(N=NN2[C@@H]2S[C@@H]3COP(O)(=S)O[C@H]4C[C@H](c5cnc6c(N)ncnn56)O[C@@H]4COP(=O)(S)O[C@@H]2[C@@H]3O)C(=O)N1. The van der Waals surface area contributed by atoms with Gasteiger partial charge >= 0.3 is 13.5 Å². The first-order valence-corrected chi connectivity index (χ1v) is 19.0. The summed E-state index contributed by atoms with van der Waals surface area (Å²) in [5, 5.41) is 32.8. The third-order valence-corrected chi connectivity index (χ3v) is 11.9. The van der Waals surface area contributed by atoms with Crippen LogP contribution in [0.2, 0.25) is 0 Å². The lowest BCUT2D eigenvalue weighted by Crippen LogP contribution is -2.51. The average Bonchev–Trinajstić information content (AvgIpc) is 3.72. The zero-order chi connectivity index (χ0) is 31.0. The standard InChI is InChI=1S/C19H23N11O9P2S3/c20-14-16-22-2-6(29(16)24-5-23-14)7-1-8-9(37-7)3-35-41(34,43)39-13-12(31)10(4-36-40(33,42)38-8)44-18(13)30-15-11(27-28-30)17(32)26-19(21)25-15/h2,5,7-13,18,31H,1,3-4H2,(H,33,42)(H,34,43)(H2,20,23,24)(H2,21,26,32)/t7-,8+,9-,10-,11?,12-,13-,18-,40?,41?/m1/s1. The van der Waals surface area contributed by atoms with Gasteiger partial charge in [0.25, 0.3) is 5.91 Å². The van der Waals surface area contributed by atoms with E-state index in [9.17, 15) is 19.4 Å². The molecule has 0 aromatic carbocycles. The largest absolute Gasteiger partial charge is 0.389 e. The molecule has 0 saturated carbocycles. The topological polar surface area (TPSA) is 266 Å². The van der Waals surface area contributed by atoms with Crippen molar-refractivity contribution in [3.8, 4) is 0 Å². The van der Waals surface area contributed by atoms with E-state index in [0.29, 0.717) is 11.3 Å². The van der Waals surface area contributed by atoms with Crippen LogP contribution in [0.3, 0.4) is 0 Å². The van der Waals surface area contributed by atoms with Crippen LogP contribution < -0.4 is 11.1 Å². The van der Waals surface area contributed by atoms with Crippen molar-refractivity contribution in [1.82, 2.24) is 29.9 Å². The Morgan fingerprint density at radius 1 is 1.25 bits per heavy atom. The first-order chi connectivity index (χ1) is 20.9. The van der Waals surface area contributed by atoms with E-state index in [1.807, 2.05) is 0 Å². The summed E-state index contributed by atoms with van der Waals surface area (Å²) in [6, 6.07) is -1.13. The Kier molecular flexibility index (Phi) is 7.82. The average molecular weight is 708 g/mol. The Labute approximate surface area is 261 Å². The highest BCUT2D eigenvalue weighted by atomic mass is 32.7. The number of nitrogens with two attached hydrogens (primary N) is 1. The maximum atomic E-state index is 13.5. The van der Waals surface area contributed by atoms with Gasteiger partial charge in [0, 0.05) is 6.42 Å². The summed E-state index contributed by atoms with van der Waals surface area (Å²) < 4.78 is 44.1. The number of aliphatic hydroxyl groups is 1. The number of ether oxygens (including phenoxy) is 1. The molecule has 2 bridgehead atoms. The molecular weight excluding hydrogens is 684 g/mol. The zero-order valence-electron chi connectivity index (χ0n) is 22.0. The highest BCUT2D eigenvalue weighted by Crippen LogP contribution is 2.59. The summed E-state index contributed by atoms with van der Waals surface area (Å²) >= 11 is 10.5. The Balaban J connectivity index is 1.16. The predicted octanol–water partition coefficient (Wildman–Crippen LogP) is -0.0747. The summed E-state index contributed by atoms with van der Waals surface area (Å²) in [6.45, 7) is -8.87. The number of hydrogen-bond acceptors (Lipinski definition) is 18. The number of anilines is 1. The molecule has 20 nitrogen and oxygen atoms in total. The van der Waals surface area contributed by atoms with Crippen LogP contribution in [0.15, 0.2) is 27.9 Å². The molecule has 2 aromatic heterocycles. The fraction of sp³-hybridized carbons (Fsp3) is 0.579. The van der Waals surface area contributed by atoms with Crippen molar-refractivity contribution in [2.24, 2.45) is 15.3 Å². The van der Waals surface area contributed by atoms with Crippen molar-refractivity contribution in [3.63, 3.8) is 0 Å². The number of thioether (sulfide) groups is 1. The van der Waals surface area contributed by atoms with Crippen molar-refractivity contribution in [2.75, 3.05) is 18.9 Å². The van der Waals surface area contributed by atoms with Crippen LogP contribution in [0.1, 0.15) is 18.2 Å². The molecular formula is C19H23N11O9P2S3. The molecule has 7 heterocycles. The van der Waals surface area contributed by atoms with Gasteiger partial charge in [0.1, 0.15) is 30.0 Å². The Morgan fingerprint density at radius 3 is 2.89 bits per heavy atom. The maximum Gasteiger partial charge on any atom is 0.386 e. The number of hydrogen-bond donors (Lipinski definition) is 6. The van der Waals surface area contributed by atoms with Gasteiger partial charge in [0.05, 0.1) is 42.6 Å². The summed E-state index contributed by atoms with van der Waals surface area (Å²) in [5.41, 5.74) is 6.73. The van der Waals surface area contributed by atoms with E-state index in [2.05, 4.69) is 48.0 Å². The van der Waals surface area contributed by atoms with Gasteiger partial charge in [-0.3, -0.25) is 24.6 Å². The third-order valence-electron chi connectivity index (χ3n) is 7.23. The second-order valence-corrected chi connectivity index (χ2v) is 17.0. The van der Waals surface area contributed by atoms with E-state index < -0.39 is 72.6 Å². The number of rotatable bonds is 2. The molecule has 1 amide bonds. The molecule has 25 heteroatoms. The summed E-state index contributed by atoms with van der Waals surface area (Å²) in [7, 11) is 0. The molecule has 3 unspecified atom stereocenters. The lowest BCUT2D eigenvalue weighted by molar-refractivity contribution is -0.119. The van der Waals surface area contributed by atoms with Crippen LogP contribution in [0.5, 0.6) is 0 Å². The van der Waals surface area contributed by atoms with Crippen molar-refractivity contribution >= 4 is 78.5 Å². The second kappa shape index (κ2) is 11.3. The number of nitrogens with one attached hydrogen (secondary N) is 2. The minimum Gasteiger partial charge on any atom is -0.389 e. The fourth-order valence-corrected chi connectivity index (χ4v) is 9.84. The van der Waals surface area contributed by atoms with E-state index in [1.54, 1.807) is 0 Å². The van der Waals surface area contributed by atoms with Crippen LogP contribution in [-0.2, 0) is 44.0 Å². The molecule has 0 aliphatic carbocycles. The lowest BCUT2D eigenvalue weighted by Gasteiger charge is -2.30. The van der Waals surface area contributed by atoms with Gasteiger partial charge in [-0.05, 0) is 11.8 Å². The van der Waals surface area contributed by atoms with E-state index in [1.165, 1.54) is 22.0 Å². The molecule has 6 N–H and O–H groups in total. The van der Waals surface area contributed by atoms with Crippen LogP contribution in [-0.4, -0.2) is 107 Å². The number of amidine groups is 1. The Bertz CT molecular complexity index is 1700. The number of aromatic nitrogens is 4. The van der Waals surface area contributed by atoms with Crippen LogP contribution in [0.25, 0.3) is 5.65 Å². The van der Waals surface area contributed by atoms with Crippen LogP contribution >= 0.6 is 37.5 Å². The summed E-state index contributed by atoms with van der Waals surface area (Å²) in [4.78, 5) is 35.5. The van der Waals surface area contributed by atoms with Gasteiger partial charge in [-0.2, -0.15) is 10.1 Å². The van der Waals surface area contributed by atoms with Gasteiger partial charge in [0.15, 0.2) is 17.3 Å². The number of fused-ring (bicyclic) bond motifs is 5. The van der Waals surface area contributed by atoms with Crippen molar-refractivity contribution < 1.29 is 42.2 Å². The minimum absolute atomic E-state index is 0.0120. The molecule has 0 spiro atoms. The highest BCUT2D eigenvalue weighted by Gasteiger charge is 2.54. The molecule has 2 aromatic rings. The van der Waals surface area contributed by atoms with E-state index in [4.69, 9.17) is 45.8 Å². The summed E-state index contributed by atoms with van der Waals surface area (Å²) in [6.07, 6.45) is -2.24. The van der Waals surface area contributed by atoms with Gasteiger partial charge in [-0.25, -0.2) is 24.1 Å². The molecule has 7 rings (SSSR count). The molecule has 0 radical (unpaired) electrons. The van der Waals surface area contributed by atoms with Crippen LogP contribution in [0, 0.1) is 5.41 Å². The lowest BCUT2D eigenvalue weighted by atomic mass is 10.1. The van der Waals surface area contributed by atoms with E-state index >= 15 is 0 Å². The van der Waals surface area contributed by atoms with Crippen molar-refractivity contribution in [1.29, 1.82) is 5.41 Å². The molecule has 3 fully saturated rings. The van der Waals surface area contributed by atoms with Gasteiger partial charge < -0.3 is 29.5 Å². The molecule has 5 aliphatic heterocycles. The number of amides is 1. The second-order valence-electron chi connectivity index (χ2n) is 10.0. The Morgan fingerprint density at radius 2 is 2.07 bits per heavy atom. The third kappa shape index (κ3) is 5.58. The maximum absolute atomic E-state index is 13.5. The predicted molar refractivity (Wildman–Crippen MR) is 157 cm³/mol. The number of carbonyl (C=O) groups is 1. The molecule has 5 aliphatic rings. The number of aliphatic hydroxyl groups excluding tert-OH is 1. The smallest absolute Gasteiger partial charge is 0.386 e. The number of guanidine groups is 1. The highest BCUT2D eigenvalue weighted by molar-refractivity contribution is 8.44. The van der Waals surface area contributed by atoms with Crippen LogP contribution in [0.4, 0.5) is 5.82 Å². The summed E-state index contributed by atoms with van der Waals surface area (Å²) in [5.74, 6) is -0.861. The zero-order valence-corrected chi connectivity index (χ0v) is 26.3. The normalized spacial score (nSPS) is 41.0. The number of nitrogens with zero attached hydrogens (tertiary/aromatic N) is 8. The molecule has 10 atom stereocenters. The van der Waals surface area contributed by atoms with E-state index in [0.717, 1.165) is 11.8 Å². The Hall–Kier alpha value is -2.14. The quantitative estimate of drug-likeness (QED) is 0.176. The molecule has 236 valence electrons. The fourth-order valence-electron chi connectivity index (χ4n) is 5.25. The first-order valence-electron chi connectivity index (χ1n) is 12.8. The van der Waals surface area contributed by atoms with Crippen molar-refractivity contribution in [3.05, 3.63) is 18.2 Å². The molecule has 3 saturated heterocycles. The van der Waals surface area contributed by atoms with Gasteiger partial charge in [-0.15, -0.1) is 16.9 Å². The minimum atomic E-state index is -4.23. The number of imidazole rings is 1. The monoisotopic (exact) mass is 707 g/mol. The van der Waals surface area contributed by atoms with Gasteiger partial charge in [-0.1, -0.05) is 17.5 Å². The number of nitrogen functional groups attached to an aromatic ring is 1. The number of thiol groups is 1. The number of aliphatic imine (C=N–C) groups is 1. The molecule has 44 heavy (non-hydrogen) atoms. The number of carbonyl (C=O) groups excluding carboxylic acids is 1. The van der Waals surface area contributed by atoms with E-state index in [-0.39, 0.29) is 31.3 Å². The van der Waals surface area contributed by atoms with Crippen molar-refractivity contribution in [2.45, 2.75) is 53.6 Å². The van der Waals surface area contributed by atoms with Gasteiger partial charge in [0.2, 0.25) is 12.0 Å².